The number of tetrazole rings is 1. The highest BCUT2D eigenvalue weighted by atomic mass is 35.5. The van der Waals surface area contributed by atoms with Gasteiger partial charge in [0.15, 0.2) is 11.6 Å². The van der Waals surface area contributed by atoms with Crippen LogP contribution in [-0.4, -0.2) is 47.9 Å². The van der Waals surface area contributed by atoms with Crippen LogP contribution in [0.4, 0.5) is 10.1 Å². The molecule has 0 amide bonds. The minimum absolute atomic E-state index is 0.139. The zero-order valence-corrected chi connectivity index (χ0v) is 21.1. The highest BCUT2D eigenvalue weighted by Gasteiger charge is 2.54. The summed E-state index contributed by atoms with van der Waals surface area (Å²) in [4.78, 5) is 21.5. The van der Waals surface area contributed by atoms with Gasteiger partial charge >= 0.3 is 0 Å². The van der Waals surface area contributed by atoms with Gasteiger partial charge < -0.3 is 19.6 Å². The van der Waals surface area contributed by atoms with Crippen molar-refractivity contribution in [3.63, 3.8) is 0 Å². The Morgan fingerprint density at radius 3 is 2.92 bits per heavy atom. The fraction of sp³-hybridized carbons (Fsp3) is 0.222. The number of halogens is 2. The Labute approximate surface area is 225 Å². The third-order valence-electron chi connectivity index (χ3n) is 7.79. The molecule has 1 aliphatic carbocycles. The van der Waals surface area contributed by atoms with E-state index in [2.05, 4.69) is 30.8 Å². The lowest BCUT2D eigenvalue weighted by molar-refractivity contribution is 0.306. The number of aromatic amines is 1. The van der Waals surface area contributed by atoms with E-state index in [1.54, 1.807) is 35.1 Å². The van der Waals surface area contributed by atoms with Crippen molar-refractivity contribution in [3.8, 4) is 33.8 Å². The Balaban J connectivity index is 1.19. The third kappa shape index (κ3) is 3.42. The number of imidazole rings is 1. The first-order chi connectivity index (χ1) is 19.1. The molecule has 2 aliphatic heterocycles. The molecule has 0 unspecified atom stereocenters. The largest absolute Gasteiger partial charge is 0.486 e. The third-order valence-corrected chi connectivity index (χ3v) is 8.03. The summed E-state index contributed by atoms with van der Waals surface area (Å²) < 4.78 is 24.2. The van der Waals surface area contributed by atoms with Gasteiger partial charge in [-0.25, -0.2) is 9.37 Å². The number of nitrogens with zero attached hydrogens (tertiary/aromatic N) is 6. The highest BCUT2D eigenvalue weighted by molar-refractivity contribution is 6.31. The molecule has 0 saturated heterocycles. The Morgan fingerprint density at radius 1 is 1.13 bits per heavy atom. The van der Waals surface area contributed by atoms with Crippen LogP contribution < -0.4 is 15.6 Å². The summed E-state index contributed by atoms with van der Waals surface area (Å²) in [7, 11) is 0. The molecule has 5 heterocycles. The number of benzene rings is 2. The Kier molecular flexibility index (Phi) is 4.75. The van der Waals surface area contributed by atoms with E-state index in [0.29, 0.717) is 40.9 Å². The molecule has 8 rings (SSSR count). The molecular weight excluding hydrogens is 523 g/mol. The van der Waals surface area contributed by atoms with E-state index in [9.17, 15) is 4.79 Å². The second-order valence-corrected chi connectivity index (χ2v) is 10.4. The summed E-state index contributed by atoms with van der Waals surface area (Å²) in [6.45, 7) is 1.04. The molecule has 10 nitrogen and oxygen atoms in total. The summed E-state index contributed by atoms with van der Waals surface area (Å²) in [6.07, 6.45) is 4.07. The zero-order chi connectivity index (χ0) is 26.2. The number of ether oxygens (including phenoxy) is 1. The average molecular weight is 543 g/mol. The summed E-state index contributed by atoms with van der Waals surface area (Å²) in [5.74, 6) is 0.902. The van der Waals surface area contributed by atoms with Crippen molar-refractivity contribution in [2.75, 3.05) is 18.5 Å². The standard InChI is InChI=1S/C27H20ClFN8O2/c28-14-1-4-21(36-12-32-34-35-36)16(9-14)13-7-22-17-10-18(17)25(37(22)23(38)8-13)27-31-11-20(33-27)15-2-3-19-26(24(15)29)39-6-5-30-19/h1-4,7-9,11-12,17-18,25,30H,5-6,10H2,(H,31,33)/t17-,18+,25+/m1/s1. The lowest BCUT2D eigenvalue weighted by Crippen LogP contribution is -2.26. The molecule has 2 N–H and O–H groups in total. The van der Waals surface area contributed by atoms with Crippen LogP contribution in [0.2, 0.25) is 5.02 Å². The van der Waals surface area contributed by atoms with Crippen LogP contribution in [0.1, 0.15) is 29.9 Å². The number of hydrogen-bond acceptors (Lipinski definition) is 7. The van der Waals surface area contributed by atoms with Crippen LogP contribution in [-0.2, 0) is 0 Å². The van der Waals surface area contributed by atoms with Gasteiger partial charge in [-0.3, -0.25) is 4.79 Å². The minimum Gasteiger partial charge on any atom is -0.486 e. The monoisotopic (exact) mass is 542 g/mol. The van der Waals surface area contributed by atoms with Crippen molar-refractivity contribution in [1.29, 1.82) is 0 Å². The lowest BCUT2D eigenvalue weighted by Gasteiger charge is -2.20. The lowest BCUT2D eigenvalue weighted by atomic mass is 10.0. The minimum atomic E-state index is -0.437. The van der Waals surface area contributed by atoms with Gasteiger partial charge in [0, 0.05) is 40.4 Å². The van der Waals surface area contributed by atoms with Gasteiger partial charge in [0.05, 0.1) is 29.3 Å². The fourth-order valence-corrected chi connectivity index (χ4v) is 6.15. The first-order valence-electron chi connectivity index (χ1n) is 12.6. The van der Waals surface area contributed by atoms with E-state index in [1.165, 1.54) is 6.33 Å². The Morgan fingerprint density at radius 2 is 2.05 bits per heavy atom. The van der Waals surface area contributed by atoms with Gasteiger partial charge in [0.2, 0.25) is 0 Å². The molecule has 0 spiro atoms. The van der Waals surface area contributed by atoms with Gasteiger partial charge in [-0.2, -0.15) is 4.68 Å². The van der Waals surface area contributed by atoms with E-state index in [4.69, 9.17) is 16.3 Å². The maximum absolute atomic E-state index is 15.3. The average Bonchev–Trinajstić information content (AvgIpc) is 3.28. The molecule has 3 atom stereocenters. The molecule has 0 radical (unpaired) electrons. The molecule has 1 saturated carbocycles. The predicted molar refractivity (Wildman–Crippen MR) is 141 cm³/mol. The number of rotatable bonds is 4. The van der Waals surface area contributed by atoms with Gasteiger partial charge in [-0.05, 0) is 64.7 Å². The molecule has 3 aliphatic rings. The molecule has 3 aromatic heterocycles. The first kappa shape index (κ1) is 22.5. The van der Waals surface area contributed by atoms with Crippen molar-refractivity contribution in [2.45, 2.75) is 18.4 Å². The molecular formula is C27H20ClFN8O2. The maximum Gasteiger partial charge on any atom is 0.252 e. The normalized spacial score (nSPS) is 20.5. The number of nitrogens with one attached hydrogen (secondary N) is 2. The van der Waals surface area contributed by atoms with Crippen molar-refractivity contribution >= 4 is 17.3 Å². The number of pyridine rings is 1. The molecule has 12 heteroatoms. The molecule has 194 valence electrons. The molecule has 0 bridgehead atoms. The zero-order valence-electron chi connectivity index (χ0n) is 20.3. The molecule has 39 heavy (non-hydrogen) atoms. The fourth-order valence-electron chi connectivity index (χ4n) is 5.98. The summed E-state index contributed by atoms with van der Waals surface area (Å²) in [5, 5.41) is 15.2. The van der Waals surface area contributed by atoms with Crippen molar-refractivity contribution in [3.05, 3.63) is 87.7 Å². The van der Waals surface area contributed by atoms with Crippen LogP contribution in [0.3, 0.4) is 0 Å². The van der Waals surface area contributed by atoms with E-state index in [0.717, 1.165) is 28.9 Å². The topological polar surface area (TPSA) is 116 Å². The summed E-state index contributed by atoms with van der Waals surface area (Å²) in [5.41, 5.74) is 4.59. The van der Waals surface area contributed by atoms with Gasteiger partial charge in [-0.1, -0.05) is 11.6 Å². The van der Waals surface area contributed by atoms with Gasteiger partial charge in [0.25, 0.3) is 5.56 Å². The second kappa shape index (κ2) is 8.24. The predicted octanol–water partition coefficient (Wildman–Crippen LogP) is 4.18. The van der Waals surface area contributed by atoms with Crippen molar-refractivity contribution in [2.24, 2.45) is 5.92 Å². The molecule has 5 aromatic rings. The summed E-state index contributed by atoms with van der Waals surface area (Å²) >= 11 is 6.33. The van der Waals surface area contributed by atoms with Crippen molar-refractivity contribution < 1.29 is 9.13 Å². The van der Waals surface area contributed by atoms with Gasteiger partial charge in [0.1, 0.15) is 18.8 Å². The first-order valence-corrected chi connectivity index (χ1v) is 13.0. The molecule has 2 aromatic carbocycles. The number of fused-ring (bicyclic) bond motifs is 4. The van der Waals surface area contributed by atoms with Crippen LogP contribution in [0.25, 0.3) is 28.1 Å². The van der Waals surface area contributed by atoms with Gasteiger partial charge in [-0.15, -0.1) is 5.10 Å². The smallest absolute Gasteiger partial charge is 0.252 e. The van der Waals surface area contributed by atoms with Crippen LogP contribution in [0.15, 0.2) is 59.8 Å². The van der Waals surface area contributed by atoms with E-state index < -0.39 is 5.82 Å². The number of aromatic nitrogens is 7. The SMILES string of the molecule is O=c1cc(-c2cc(Cl)ccc2-n2cnnn2)cc2n1[C@H](c1ncc(-c3ccc4c(c3F)OCCN4)[nH]1)[C@H]1C[C@@H]21. The molecule has 1 fully saturated rings. The summed E-state index contributed by atoms with van der Waals surface area (Å²) in [6, 6.07) is 12.3. The Bertz CT molecular complexity index is 1830. The number of anilines is 1. The van der Waals surface area contributed by atoms with Crippen LogP contribution in [0, 0.1) is 11.7 Å². The second-order valence-electron chi connectivity index (χ2n) is 10.0. The van der Waals surface area contributed by atoms with E-state index >= 15 is 4.39 Å². The van der Waals surface area contributed by atoms with E-state index in [1.807, 2.05) is 22.8 Å². The highest BCUT2D eigenvalue weighted by Crippen LogP contribution is 2.60. The quantitative estimate of drug-likeness (QED) is 0.350. The Hall–Kier alpha value is -4.51. The number of hydrogen-bond donors (Lipinski definition) is 2. The van der Waals surface area contributed by atoms with Crippen LogP contribution in [0.5, 0.6) is 5.75 Å². The number of H-pyrrole nitrogens is 1. The van der Waals surface area contributed by atoms with Crippen LogP contribution >= 0.6 is 11.6 Å². The maximum atomic E-state index is 15.3. The van der Waals surface area contributed by atoms with E-state index in [-0.39, 0.29) is 29.2 Å². The van der Waals surface area contributed by atoms with Crippen molar-refractivity contribution in [1.82, 2.24) is 34.7 Å².